The number of benzene rings is 2. The van der Waals surface area contributed by atoms with Gasteiger partial charge in [-0.2, -0.15) is 13.0 Å². The van der Waals surface area contributed by atoms with Crippen LogP contribution in [0, 0.1) is 0 Å². The van der Waals surface area contributed by atoms with Gasteiger partial charge in [0.2, 0.25) is 22.9 Å². The third-order valence-electron chi connectivity index (χ3n) is 5.00. The molecule has 0 spiro atoms. The van der Waals surface area contributed by atoms with Crippen molar-refractivity contribution in [3.63, 3.8) is 0 Å². The lowest BCUT2D eigenvalue weighted by Crippen LogP contribution is -2.40. The molecule has 0 fully saturated rings. The van der Waals surface area contributed by atoms with Crippen molar-refractivity contribution in [2.24, 2.45) is 0 Å². The topological polar surface area (TPSA) is 193 Å². The molecule has 0 aliphatic carbocycles. The summed E-state index contributed by atoms with van der Waals surface area (Å²) in [5.41, 5.74) is 3.68. The molecule has 3 heterocycles. The Bertz CT molecular complexity index is 1420. The molecule has 0 saturated carbocycles. The number of methoxy groups -OCH3 is 2. The number of aromatic nitrogens is 1. The van der Waals surface area contributed by atoms with Crippen molar-refractivity contribution in [1.29, 1.82) is 0 Å². The highest BCUT2D eigenvalue weighted by Crippen LogP contribution is 2.41. The van der Waals surface area contributed by atoms with E-state index in [9.17, 15) is 0 Å². The predicted octanol–water partition coefficient (Wildman–Crippen LogP) is 1.45. The second-order valence-electron chi connectivity index (χ2n) is 7.14. The van der Waals surface area contributed by atoms with Crippen molar-refractivity contribution in [2.45, 2.75) is 13.0 Å². The van der Waals surface area contributed by atoms with Crippen LogP contribution in [0.5, 0.6) is 23.0 Å². The van der Waals surface area contributed by atoms with E-state index in [-0.39, 0.29) is 0 Å². The Morgan fingerprint density at radius 2 is 1.57 bits per heavy atom. The molecular weight excluding hydrogens is 510 g/mol. The van der Waals surface area contributed by atoms with Crippen molar-refractivity contribution < 1.29 is 58.6 Å². The van der Waals surface area contributed by atoms with Crippen molar-refractivity contribution in [2.75, 3.05) is 21.0 Å². The molecule has 1 aromatic heterocycles. The highest BCUT2D eigenvalue weighted by molar-refractivity contribution is 7.80. The first-order chi connectivity index (χ1) is 16.3. The Kier molecular flexibility index (Phi) is 7.68. The maximum atomic E-state index is 8.74. The van der Waals surface area contributed by atoms with Crippen LogP contribution in [0.1, 0.15) is 5.56 Å². The third-order valence-corrected chi connectivity index (χ3v) is 5.00. The number of ether oxygens (including phenoxy) is 4. The number of fused-ring (bicyclic) bond motifs is 5. The number of rotatable bonds is 2. The van der Waals surface area contributed by atoms with E-state index in [2.05, 4.69) is 35.0 Å². The number of nitrogens with zero attached hydrogens (tertiary/aromatic N) is 1. The van der Waals surface area contributed by atoms with Crippen molar-refractivity contribution in [3.05, 3.63) is 42.1 Å². The maximum absolute atomic E-state index is 8.74. The largest absolute Gasteiger partial charge is 0.726 e. The van der Waals surface area contributed by atoms with Crippen LogP contribution in [0.25, 0.3) is 22.0 Å². The zero-order valence-electron chi connectivity index (χ0n) is 18.4. The van der Waals surface area contributed by atoms with Crippen molar-refractivity contribution in [1.82, 2.24) is 0 Å². The van der Waals surface area contributed by atoms with E-state index in [1.54, 1.807) is 14.2 Å². The molecule has 0 bridgehead atoms. The average Bonchev–Trinajstić information content (AvgIpc) is 3.20. The summed E-state index contributed by atoms with van der Waals surface area (Å²) in [5, 5.41) is 2.17. The molecule has 0 unspecified atom stereocenters. The minimum Gasteiger partial charge on any atom is -0.726 e. The van der Waals surface area contributed by atoms with Crippen molar-refractivity contribution >= 4 is 31.6 Å². The second kappa shape index (κ2) is 10.2. The molecule has 2 aliphatic rings. The molecule has 35 heavy (non-hydrogen) atoms. The lowest BCUT2D eigenvalue weighted by Gasteiger charge is -2.17. The fourth-order valence-electron chi connectivity index (χ4n) is 3.77. The molecule has 3 aromatic rings. The van der Waals surface area contributed by atoms with Gasteiger partial charge in [-0.1, -0.05) is 0 Å². The minimum absolute atomic E-state index is 0.299. The molecule has 0 atom stereocenters. The van der Waals surface area contributed by atoms with Gasteiger partial charge < -0.3 is 23.5 Å². The van der Waals surface area contributed by atoms with Crippen LogP contribution in [0.3, 0.4) is 0 Å². The van der Waals surface area contributed by atoms with Crippen LogP contribution in [0.4, 0.5) is 0 Å². The Hall–Kier alpha value is -3.21. The van der Waals surface area contributed by atoms with Gasteiger partial charge in [0.25, 0.3) is 0 Å². The van der Waals surface area contributed by atoms with E-state index in [1.807, 2.05) is 6.07 Å². The van der Waals surface area contributed by atoms with Gasteiger partial charge in [0, 0.05) is 12.5 Å². The molecule has 5 rings (SSSR count). The fraction of sp³-hybridized carbons (Fsp3) is 0.250. The lowest BCUT2D eigenvalue weighted by molar-refractivity contribution is -0.686. The first kappa shape index (κ1) is 26.4. The van der Waals surface area contributed by atoms with Crippen molar-refractivity contribution in [3.8, 4) is 34.3 Å². The zero-order valence-corrected chi connectivity index (χ0v) is 20.0. The Balaban J connectivity index is 0.000000293. The summed E-state index contributed by atoms with van der Waals surface area (Å²) in [6.07, 6.45) is 3.11. The molecule has 190 valence electrons. The number of aryl methyl sites for hydroxylation is 2. The molecule has 15 heteroatoms. The van der Waals surface area contributed by atoms with E-state index in [0.717, 1.165) is 46.7 Å². The van der Waals surface area contributed by atoms with Crippen LogP contribution in [0.2, 0.25) is 0 Å². The Morgan fingerprint density at radius 3 is 2.14 bits per heavy atom. The van der Waals surface area contributed by atoms with Gasteiger partial charge in [-0.15, -0.1) is 0 Å². The molecule has 0 saturated heterocycles. The van der Waals surface area contributed by atoms with Gasteiger partial charge >= 0.3 is 10.4 Å². The third kappa shape index (κ3) is 6.91. The summed E-state index contributed by atoms with van der Waals surface area (Å²) >= 11 is 0. The van der Waals surface area contributed by atoms with E-state index in [4.69, 9.17) is 54.0 Å². The normalized spacial score (nSPS) is 13.4. The van der Waals surface area contributed by atoms with Gasteiger partial charge in [0.15, 0.2) is 35.7 Å². The molecule has 0 radical (unpaired) electrons. The van der Waals surface area contributed by atoms with Gasteiger partial charge in [-0.25, -0.2) is 8.42 Å². The monoisotopic (exact) mass is 531 g/mol. The summed E-state index contributed by atoms with van der Waals surface area (Å²) in [6, 6.07) is 10.4. The first-order valence-electron chi connectivity index (χ1n) is 9.67. The lowest BCUT2D eigenvalue weighted by atomic mass is 9.95. The van der Waals surface area contributed by atoms with Crippen LogP contribution in [-0.2, 0) is 33.8 Å². The summed E-state index contributed by atoms with van der Waals surface area (Å²) < 4.78 is 88.8. The molecule has 0 amide bonds. The molecule has 13 nitrogen and oxygen atoms in total. The highest BCUT2D eigenvalue weighted by Gasteiger charge is 2.28. The van der Waals surface area contributed by atoms with Gasteiger partial charge in [0.05, 0.1) is 25.2 Å². The summed E-state index contributed by atoms with van der Waals surface area (Å²) in [5.74, 6) is 3.18. The molecule has 2 aliphatic heterocycles. The Morgan fingerprint density at radius 1 is 0.971 bits per heavy atom. The van der Waals surface area contributed by atoms with Crippen LogP contribution in [0.15, 0.2) is 36.5 Å². The quantitative estimate of drug-likeness (QED) is 0.245. The standard InChI is InChI=1S/C20H18NO4.2H2O4S/c1-22-17-4-3-12-7-16-14-9-19-18(24-11-25-19)8-13(14)5-6-21(16)10-15(12)20(17)23-2;2*1-5(2,3)4/h3-4,7-10H,5-6,11H2,1-2H3;2*(H2,1,2,3,4)/q+1;;/p-1. The zero-order chi connectivity index (χ0) is 26.0. The summed E-state index contributed by atoms with van der Waals surface area (Å²) in [7, 11) is -6.24. The Labute approximate surface area is 200 Å². The number of hydrogen-bond donors (Lipinski definition) is 3. The summed E-state index contributed by atoms with van der Waals surface area (Å²) in [6.45, 7) is 1.21. The van der Waals surface area contributed by atoms with E-state index >= 15 is 0 Å². The van der Waals surface area contributed by atoms with Crippen LogP contribution >= 0.6 is 0 Å². The molecular formula is C20H21NO12S2. The molecule has 2 aromatic carbocycles. The van der Waals surface area contributed by atoms with Gasteiger partial charge in [0.1, 0.15) is 0 Å². The number of pyridine rings is 1. The second-order valence-corrected chi connectivity index (χ2v) is 8.90. The SMILES string of the molecule is COc1ccc2cc3[n+](cc2c1OC)CCc1cc2c(cc1-3)OCO2.O=S(=O)(O)O.O=S(=O)([O-])O. The number of hydrogen-bond acceptors (Lipinski definition) is 9. The smallest absolute Gasteiger partial charge is 0.394 e. The average molecular weight is 532 g/mol. The first-order valence-corrected chi connectivity index (χ1v) is 12.4. The van der Waals surface area contributed by atoms with Crippen LogP contribution in [-0.4, -0.2) is 56.1 Å². The maximum Gasteiger partial charge on any atom is 0.394 e. The van der Waals surface area contributed by atoms with E-state index in [1.165, 1.54) is 16.8 Å². The fourth-order valence-corrected chi connectivity index (χ4v) is 3.77. The van der Waals surface area contributed by atoms with Gasteiger partial charge in [-0.05, 0) is 35.2 Å². The summed E-state index contributed by atoms with van der Waals surface area (Å²) in [4.78, 5) is 0. The van der Waals surface area contributed by atoms with E-state index in [0.29, 0.717) is 6.79 Å². The molecule has 3 N–H and O–H groups in total. The van der Waals surface area contributed by atoms with Crippen LogP contribution < -0.4 is 23.5 Å². The minimum atomic E-state index is -4.92. The van der Waals surface area contributed by atoms with E-state index < -0.39 is 20.8 Å². The van der Waals surface area contributed by atoms with Gasteiger partial charge in [-0.3, -0.25) is 13.7 Å². The predicted molar refractivity (Wildman–Crippen MR) is 119 cm³/mol. The highest BCUT2D eigenvalue weighted by atomic mass is 32.3.